The second-order valence-corrected chi connectivity index (χ2v) is 4.81. The lowest BCUT2D eigenvalue weighted by Gasteiger charge is -2.20. The fourth-order valence-electron chi connectivity index (χ4n) is 2.57. The van der Waals surface area contributed by atoms with Gasteiger partial charge in [-0.25, -0.2) is 0 Å². The van der Waals surface area contributed by atoms with E-state index < -0.39 is 0 Å². The van der Waals surface area contributed by atoms with Gasteiger partial charge < -0.3 is 15.3 Å². The first-order chi connectivity index (χ1) is 7.22. The van der Waals surface area contributed by atoms with Crippen molar-refractivity contribution in [3.63, 3.8) is 0 Å². The summed E-state index contributed by atoms with van der Waals surface area (Å²) in [5, 5.41) is 12.4. The Hall–Kier alpha value is -0.610. The molecule has 3 atom stereocenters. The molecule has 1 amide bonds. The molecule has 2 heterocycles. The van der Waals surface area contributed by atoms with E-state index in [0.717, 1.165) is 32.5 Å². The van der Waals surface area contributed by atoms with Crippen molar-refractivity contribution in [2.24, 2.45) is 11.8 Å². The van der Waals surface area contributed by atoms with Crippen molar-refractivity contribution in [1.29, 1.82) is 0 Å². The molecule has 4 nitrogen and oxygen atoms in total. The van der Waals surface area contributed by atoms with Crippen LogP contribution in [0.5, 0.6) is 0 Å². The minimum absolute atomic E-state index is 0.0367. The molecule has 86 valence electrons. The fourth-order valence-corrected chi connectivity index (χ4v) is 2.57. The number of carbonyl (C=O) groups excluding carboxylic acids is 1. The van der Waals surface area contributed by atoms with Gasteiger partial charge in [-0.2, -0.15) is 0 Å². The van der Waals surface area contributed by atoms with E-state index in [-0.39, 0.29) is 24.5 Å². The van der Waals surface area contributed by atoms with Crippen LogP contribution in [0, 0.1) is 11.8 Å². The first-order valence-corrected chi connectivity index (χ1v) is 5.85. The third-order valence-corrected chi connectivity index (χ3v) is 3.67. The number of nitrogens with zero attached hydrogens (tertiary/aromatic N) is 1. The number of aliphatic hydroxyl groups is 1. The Balaban J connectivity index is 1.91. The number of nitrogens with one attached hydrogen (secondary N) is 1. The van der Waals surface area contributed by atoms with E-state index in [2.05, 4.69) is 12.2 Å². The molecule has 4 heteroatoms. The van der Waals surface area contributed by atoms with Crippen molar-refractivity contribution in [1.82, 2.24) is 10.2 Å². The fraction of sp³-hybridized carbons (Fsp3) is 0.909. The summed E-state index contributed by atoms with van der Waals surface area (Å²) >= 11 is 0. The van der Waals surface area contributed by atoms with E-state index in [1.807, 2.05) is 4.90 Å². The van der Waals surface area contributed by atoms with Gasteiger partial charge in [0.05, 0.1) is 6.04 Å². The zero-order valence-electron chi connectivity index (χ0n) is 9.28. The minimum atomic E-state index is 0.0367. The molecule has 0 aromatic rings. The van der Waals surface area contributed by atoms with Gasteiger partial charge in [0.25, 0.3) is 0 Å². The highest BCUT2D eigenvalue weighted by atomic mass is 16.3. The third-order valence-electron chi connectivity index (χ3n) is 3.67. The highest BCUT2D eigenvalue weighted by Gasteiger charge is 2.35. The molecule has 2 aliphatic heterocycles. The predicted octanol–water partition coefficient (Wildman–Crippen LogP) is -0.175. The number of rotatable bonds is 2. The Labute approximate surface area is 90.6 Å². The lowest BCUT2D eigenvalue weighted by atomic mass is 10.00. The number of hydrogen-bond donors (Lipinski definition) is 2. The number of hydrogen-bond acceptors (Lipinski definition) is 3. The topological polar surface area (TPSA) is 52.6 Å². The number of carbonyl (C=O) groups is 1. The molecule has 15 heavy (non-hydrogen) atoms. The number of amides is 1. The van der Waals surface area contributed by atoms with Gasteiger partial charge in [0.2, 0.25) is 5.91 Å². The Bertz CT molecular complexity index is 239. The Kier molecular flexibility index (Phi) is 3.26. The number of aliphatic hydroxyl groups excluding tert-OH is 1. The van der Waals surface area contributed by atoms with Crippen LogP contribution in [0.25, 0.3) is 0 Å². The molecule has 0 spiro atoms. The average Bonchev–Trinajstić information content (AvgIpc) is 2.85. The van der Waals surface area contributed by atoms with Gasteiger partial charge in [-0.05, 0) is 25.3 Å². The minimum Gasteiger partial charge on any atom is -0.396 e. The van der Waals surface area contributed by atoms with E-state index in [9.17, 15) is 4.79 Å². The second-order valence-electron chi connectivity index (χ2n) is 4.81. The zero-order chi connectivity index (χ0) is 10.8. The third kappa shape index (κ3) is 2.16. The molecule has 2 N–H and O–H groups in total. The van der Waals surface area contributed by atoms with Gasteiger partial charge in [-0.3, -0.25) is 4.79 Å². The summed E-state index contributed by atoms with van der Waals surface area (Å²) in [6.07, 6.45) is 2.07. The van der Waals surface area contributed by atoms with Crippen molar-refractivity contribution in [3.8, 4) is 0 Å². The summed E-state index contributed by atoms with van der Waals surface area (Å²) in [5.74, 6) is 0.936. The summed E-state index contributed by atoms with van der Waals surface area (Å²) in [7, 11) is 0. The molecule has 0 radical (unpaired) electrons. The molecule has 2 aliphatic rings. The van der Waals surface area contributed by atoms with Crippen LogP contribution in [0.4, 0.5) is 0 Å². The van der Waals surface area contributed by atoms with Crippen LogP contribution in [-0.2, 0) is 4.79 Å². The quantitative estimate of drug-likeness (QED) is 0.668. The average molecular weight is 212 g/mol. The Morgan fingerprint density at radius 1 is 1.53 bits per heavy atom. The van der Waals surface area contributed by atoms with Crippen LogP contribution in [0.2, 0.25) is 0 Å². The summed E-state index contributed by atoms with van der Waals surface area (Å²) < 4.78 is 0. The standard InChI is InChI=1S/C11H20N2O2/c1-8-5-13(6-9(8)7-14)11(15)10-3-2-4-12-10/h8-10,12,14H,2-7H2,1H3/t8?,9?,10-/m0/s1. The highest BCUT2D eigenvalue weighted by Crippen LogP contribution is 2.23. The molecule has 0 saturated carbocycles. The van der Waals surface area contributed by atoms with Gasteiger partial charge in [0, 0.05) is 25.6 Å². The Morgan fingerprint density at radius 2 is 2.33 bits per heavy atom. The lowest BCUT2D eigenvalue weighted by molar-refractivity contribution is -0.132. The van der Waals surface area contributed by atoms with Crippen LogP contribution in [0.15, 0.2) is 0 Å². The molecule has 0 aliphatic carbocycles. The molecule has 2 unspecified atom stereocenters. The smallest absolute Gasteiger partial charge is 0.239 e. The summed E-state index contributed by atoms with van der Waals surface area (Å²) in [4.78, 5) is 13.9. The van der Waals surface area contributed by atoms with Gasteiger partial charge in [-0.15, -0.1) is 0 Å². The lowest BCUT2D eigenvalue weighted by Crippen LogP contribution is -2.42. The SMILES string of the molecule is CC1CN(C(=O)[C@@H]2CCCN2)CC1CO. The first-order valence-electron chi connectivity index (χ1n) is 5.85. The van der Waals surface area contributed by atoms with Crippen LogP contribution < -0.4 is 5.32 Å². The van der Waals surface area contributed by atoms with E-state index in [0.29, 0.717) is 5.92 Å². The summed E-state index contributed by atoms with van der Waals surface area (Å²) in [6.45, 7) is 4.80. The first kappa shape index (κ1) is 10.9. The van der Waals surface area contributed by atoms with Gasteiger partial charge in [-0.1, -0.05) is 6.92 Å². The molecule has 0 aromatic heterocycles. The molecule has 0 bridgehead atoms. The normalized spacial score (nSPS) is 36.1. The Morgan fingerprint density at radius 3 is 2.87 bits per heavy atom. The molecule has 2 fully saturated rings. The second kappa shape index (κ2) is 4.49. The van der Waals surface area contributed by atoms with Crippen molar-refractivity contribution in [2.75, 3.05) is 26.2 Å². The van der Waals surface area contributed by atoms with Gasteiger partial charge in [0.15, 0.2) is 0 Å². The predicted molar refractivity (Wildman–Crippen MR) is 57.3 cm³/mol. The van der Waals surface area contributed by atoms with Gasteiger partial charge in [0.1, 0.15) is 0 Å². The zero-order valence-corrected chi connectivity index (χ0v) is 9.28. The number of likely N-dealkylation sites (tertiary alicyclic amines) is 1. The van der Waals surface area contributed by atoms with Crippen molar-refractivity contribution < 1.29 is 9.90 Å². The van der Waals surface area contributed by atoms with Crippen LogP contribution in [0.1, 0.15) is 19.8 Å². The molecular weight excluding hydrogens is 192 g/mol. The van der Waals surface area contributed by atoms with E-state index in [1.54, 1.807) is 0 Å². The van der Waals surface area contributed by atoms with Crippen molar-refractivity contribution >= 4 is 5.91 Å². The van der Waals surface area contributed by atoms with E-state index >= 15 is 0 Å². The maximum Gasteiger partial charge on any atom is 0.239 e. The van der Waals surface area contributed by atoms with Crippen LogP contribution in [-0.4, -0.2) is 48.2 Å². The van der Waals surface area contributed by atoms with Gasteiger partial charge >= 0.3 is 0 Å². The van der Waals surface area contributed by atoms with Crippen molar-refractivity contribution in [2.45, 2.75) is 25.8 Å². The van der Waals surface area contributed by atoms with Crippen LogP contribution in [0.3, 0.4) is 0 Å². The molecule has 2 saturated heterocycles. The van der Waals surface area contributed by atoms with Crippen LogP contribution >= 0.6 is 0 Å². The summed E-state index contributed by atoms with van der Waals surface area (Å²) in [6, 6.07) is 0.0367. The molecule has 2 rings (SSSR count). The van der Waals surface area contributed by atoms with E-state index in [4.69, 9.17) is 5.11 Å². The van der Waals surface area contributed by atoms with Crippen molar-refractivity contribution in [3.05, 3.63) is 0 Å². The maximum atomic E-state index is 12.0. The highest BCUT2D eigenvalue weighted by molar-refractivity contribution is 5.82. The molecular formula is C11H20N2O2. The largest absolute Gasteiger partial charge is 0.396 e. The monoisotopic (exact) mass is 212 g/mol. The molecule has 0 aromatic carbocycles. The maximum absolute atomic E-state index is 12.0. The van der Waals surface area contributed by atoms with E-state index in [1.165, 1.54) is 0 Å². The summed E-state index contributed by atoms with van der Waals surface area (Å²) in [5.41, 5.74) is 0.